The van der Waals surface area contributed by atoms with Crippen LogP contribution in [0.25, 0.3) is 22.0 Å². The van der Waals surface area contributed by atoms with Crippen LogP contribution in [-0.2, 0) is 13.0 Å². The number of halogens is 1. The number of rotatable bonds is 1. The van der Waals surface area contributed by atoms with Crippen molar-refractivity contribution >= 4 is 10.9 Å². The molecule has 3 heteroatoms. The fraction of sp³-hybridized carbons (Fsp3) is 0.211. The summed E-state index contributed by atoms with van der Waals surface area (Å²) in [5, 5.41) is 10.1. The molecule has 0 saturated heterocycles. The van der Waals surface area contributed by atoms with Crippen LogP contribution in [0, 0.1) is 17.1 Å². The first-order valence-electron chi connectivity index (χ1n) is 7.59. The molecule has 0 fully saturated rings. The van der Waals surface area contributed by atoms with Crippen molar-refractivity contribution in [3.8, 4) is 17.2 Å². The molecule has 4 rings (SSSR count). The second-order valence-electron chi connectivity index (χ2n) is 5.75. The van der Waals surface area contributed by atoms with Gasteiger partial charge in [-0.25, -0.2) is 4.39 Å². The molecule has 0 unspecified atom stereocenters. The standard InChI is InChI=1S/C19H15FN2/c20-16-11-13(8-9-14(16)12-21)19-15-5-1-2-6-17(15)22-10-4-3-7-18(19)22/h1-2,5-6,8-9,11H,3-4,7,10H2. The van der Waals surface area contributed by atoms with Gasteiger partial charge in [0.15, 0.2) is 0 Å². The number of fused-ring (bicyclic) bond motifs is 3. The highest BCUT2D eigenvalue weighted by atomic mass is 19.1. The van der Waals surface area contributed by atoms with Gasteiger partial charge >= 0.3 is 0 Å². The van der Waals surface area contributed by atoms with E-state index in [9.17, 15) is 4.39 Å². The van der Waals surface area contributed by atoms with Crippen LogP contribution in [0.5, 0.6) is 0 Å². The summed E-state index contributed by atoms with van der Waals surface area (Å²) in [6.07, 6.45) is 3.38. The van der Waals surface area contributed by atoms with E-state index in [-0.39, 0.29) is 5.56 Å². The van der Waals surface area contributed by atoms with Gasteiger partial charge in [-0.2, -0.15) is 5.26 Å². The van der Waals surface area contributed by atoms with E-state index >= 15 is 0 Å². The molecular weight excluding hydrogens is 275 g/mol. The molecule has 0 atom stereocenters. The highest BCUT2D eigenvalue weighted by Crippen LogP contribution is 2.38. The van der Waals surface area contributed by atoms with Gasteiger partial charge in [0, 0.05) is 28.7 Å². The first-order valence-corrected chi connectivity index (χ1v) is 7.59. The average Bonchev–Trinajstić information content (AvgIpc) is 2.89. The van der Waals surface area contributed by atoms with Crippen LogP contribution in [0.1, 0.15) is 24.1 Å². The van der Waals surface area contributed by atoms with Crippen LogP contribution in [0.3, 0.4) is 0 Å². The van der Waals surface area contributed by atoms with Gasteiger partial charge in [-0.3, -0.25) is 0 Å². The average molecular weight is 290 g/mol. The Morgan fingerprint density at radius 1 is 1.09 bits per heavy atom. The van der Waals surface area contributed by atoms with E-state index in [2.05, 4.69) is 16.7 Å². The lowest BCUT2D eigenvalue weighted by Gasteiger charge is -2.17. The minimum absolute atomic E-state index is 0.0983. The molecule has 0 radical (unpaired) electrons. The van der Waals surface area contributed by atoms with Gasteiger partial charge in [0.05, 0.1) is 5.56 Å². The lowest BCUT2D eigenvalue weighted by molar-refractivity contribution is 0.546. The maximum absolute atomic E-state index is 14.0. The quantitative estimate of drug-likeness (QED) is 0.641. The Kier molecular flexibility index (Phi) is 2.97. The third kappa shape index (κ3) is 1.84. The fourth-order valence-electron chi connectivity index (χ4n) is 3.52. The minimum atomic E-state index is -0.445. The van der Waals surface area contributed by atoms with Gasteiger partial charge in [-0.1, -0.05) is 24.3 Å². The van der Waals surface area contributed by atoms with Crippen LogP contribution in [0.4, 0.5) is 4.39 Å². The predicted molar refractivity (Wildman–Crippen MR) is 85.0 cm³/mol. The second kappa shape index (κ2) is 4.99. The zero-order valence-electron chi connectivity index (χ0n) is 12.1. The number of hydrogen-bond acceptors (Lipinski definition) is 1. The molecule has 2 heterocycles. The van der Waals surface area contributed by atoms with Crippen molar-refractivity contribution in [3.05, 3.63) is 59.5 Å². The second-order valence-corrected chi connectivity index (χ2v) is 5.75. The molecule has 1 aliphatic heterocycles. The Balaban J connectivity index is 2.03. The zero-order chi connectivity index (χ0) is 15.1. The van der Waals surface area contributed by atoms with Gasteiger partial charge < -0.3 is 4.57 Å². The molecule has 2 nitrogen and oxygen atoms in total. The summed E-state index contributed by atoms with van der Waals surface area (Å²) in [6, 6.07) is 15.1. The van der Waals surface area contributed by atoms with Crippen LogP contribution in [0.2, 0.25) is 0 Å². The van der Waals surface area contributed by atoms with Gasteiger partial charge in [0.2, 0.25) is 0 Å². The van der Waals surface area contributed by atoms with E-state index in [1.807, 2.05) is 24.3 Å². The van der Waals surface area contributed by atoms with E-state index in [1.165, 1.54) is 35.5 Å². The largest absolute Gasteiger partial charge is 0.344 e. The molecule has 0 spiro atoms. The Labute approximate surface area is 128 Å². The summed E-state index contributed by atoms with van der Waals surface area (Å²) in [5.41, 5.74) is 4.59. The molecule has 0 N–H and O–H groups in total. The summed E-state index contributed by atoms with van der Waals surface area (Å²) in [4.78, 5) is 0. The molecule has 0 saturated carbocycles. The monoisotopic (exact) mass is 290 g/mol. The highest BCUT2D eigenvalue weighted by Gasteiger charge is 2.21. The molecular formula is C19H15FN2. The maximum atomic E-state index is 14.0. The van der Waals surface area contributed by atoms with Crippen molar-refractivity contribution in [3.63, 3.8) is 0 Å². The fourth-order valence-corrected chi connectivity index (χ4v) is 3.52. The van der Waals surface area contributed by atoms with E-state index in [0.717, 1.165) is 24.1 Å². The van der Waals surface area contributed by atoms with Crippen molar-refractivity contribution < 1.29 is 4.39 Å². The predicted octanol–water partition coefficient (Wildman–Crippen LogP) is 4.66. The Hall–Kier alpha value is -2.60. The topological polar surface area (TPSA) is 28.7 Å². The van der Waals surface area contributed by atoms with Crippen molar-refractivity contribution in [2.24, 2.45) is 0 Å². The summed E-state index contributed by atoms with van der Waals surface area (Å²) in [5.74, 6) is -0.445. The normalized spacial score (nSPS) is 13.8. The van der Waals surface area contributed by atoms with Crippen LogP contribution in [0.15, 0.2) is 42.5 Å². The Morgan fingerprint density at radius 2 is 1.95 bits per heavy atom. The van der Waals surface area contributed by atoms with E-state index < -0.39 is 5.82 Å². The third-order valence-electron chi connectivity index (χ3n) is 4.50. The number of benzene rings is 2. The number of nitriles is 1. The smallest absolute Gasteiger partial charge is 0.141 e. The summed E-state index contributed by atoms with van der Waals surface area (Å²) in [6.45, 7) is 1.02. The van der Waals surface area contributed by atoms with Crippen molar-refractivity contribution in [2.75, 3.05) is 0 Å². The molecule has 3 aromatic rings. The van der Waals surface area contributed by atoms with Gasteiger partial charge in [-0.05, 0) is 43.0 Å². The van der Waals surface area contributed by atoms with Crippen LogP contribution in [-0.4, -0.2) is 4.57 Å². The van der Waals surface area contributed by atoms with Crippen molar-refractivity contribution in [1.82, 2.24) is 4.57 Å². The SMILES string of the molecule is N#Cc1ccc(-c2c3n(c4ccccc24)CCCC3)cc1F. The molecule has 0 bridgehead atoms. The molecule has 2 aromatic carbocycles. The third-order valence-corrected chi connectivity index (χ3v) is 4.50. The minimum Gasteiger partial charge on any atom is -0.344 e. The van der Waals surface area contributed by atoms with Gasteiger partial charge in [0.25, 0.3) is 0 Å². The highest BCUT2D eigenvalue weighted by molar-refractivity contribution is 5.98. The Morgan fingerprint density at radius 3 is 2.77 bits per heavy atom. The lowest BCUT2D eigenvalue weighted by Crippen LogP contribution is -2.09. The van der Waals surface area contributed by atoms with Crippen molar-refractivity contribution in [2.45, 2.75) is 25.8 Å². The first-order chi connectivity index (χ1) is 10.8. The van der Waals surface area contributed by atoms with Gasteiger partial charge in [0.1, 0.15) is 11.9 Å². The molecule has 1 aromatic heterocycles. The summed E-state index contributed by atoms with van der Waals surface area (Å²) in [7, 11) is 0. The maximum Gasteiger partial charge on any atom is 0.141 e. The molecule has 1 aliphatic rings. The molecule has 22 heavy (non-hydrogen) atoms. The van der Waals surface area contributed by atoms with E-state index in [4.69, 9.17) is 5.26 Å². The van der Waals surface area contributed by atoms with E-state index in [0.29, 0.717) is 0 Å². The number of para-hydroxylation sites is 1. The molecule has 108 valence electrons. The zero-order valence-corrected chi connectivity index (χ0v) is 12.1. The van der Waals surface area contributed by atoms with Crippen LogP contribution >= 0.6 is 0 Å². The van der Waals surface area contributed by atoms with Crippen molar-refractivity contribution in [1.29, 1.82) is 5.26 Å². The number of nitrogens with zero attached hydrogens (tertiary/aromatic N) is 2. The number of hydrogen-bond donors (Lipinski definition) is 0. The van der Waals surface area contributed by atoms with Crippen LogP contribution < -0.4 is 0 Å². The Bertz CT molecular complexity index is 915. The number of aromatic nitrogens is 1. The number of aryl methyl sites for hydroxylation is 1. The lowest BCUT2D eigenvalue weighted by atomic mass is 9.97. The summed E-state index contributed by atoms with van der Waals surface area (Å²) >= 11 is 0. The summed E-state index contributed by atoms with van der Waals surface area (Å²) < 4.78 is 16.4. The molecule has 0 amide bonds. The van der Waals surface area contributed by atoms with E-state index in [1.54, 1.807) is 6.07 Å². The molecule has 0 aliphatic carbocycles. The first kappa shape index (κ1) is 13.1. The van der Waals surface area contributed by atoms with Gasteiger partial charge in [-0.15, -0.1) is 0 Å².